The van der Waals surface area contributed by atoms with Crippen LogP contribution in [0, 0.1) is 11.3 Å². The number of hydrogen-bond donors (Lipinski definition) is 1. The molecule has 0 radical (unpaired) electrons. The first-order valence-corrected chi connectivity index (χ1v) is 9.18. The summed E-state index contributed by atoms with van der Waals surface area (Å²) in [6.45, 7) is 8.63. The van der Waals surface area contributed by atoms with Gasteiger partial charge in [-0.1, -0.05) is 33.3 Å². The molecule has 3 rings (SSSR count). The lowest BCUT2D eigenvalue weighted by Gasteiger charge is -2.53. The number of carboxylic acids is 1. The van der Waals surface area contributed by atoms with Gasteiger partial charge in [0.15, 0.2) is 0 Å². The number of hydrogen-bond acceptors (Lipinski definition) is 2. The van der Waals surface area contributed by atoms with Gasteiger partial charge in [0.05, 0.1) is 12.5 Å². The van der Waals surface area contributed by atoms with Gasteiger partial charge in [-0.3, -0.25) is 4.79 Å². The summed E-state index contributed by atoms with van der Waals surface area (Å²) in [5.41, 5.74) is 3.30. The summed E-state index contributed by atoms with van der Waals surface area (Å²) in [4.78, 5) is 12.0. The van der Waals surface area contributed by atoms with Gasteiger partial charge < -0.3 is 9.84 Å². The monoisotopic (exact) mass is 330 g/mol. The van der Waals surface area contributed by atoms with Crippen LogP contribution < -0.4 is 4.74 Å². The van der Waals surface area contributed by atoms with Crippen molar-refractivity contribution in [1.82, 2.24) is 0 Å². The van der Waals surface area contributed by atoms with Gasteiger partial charge in [0.1, 0.15) is 5.75 Å². The van der Waals surface area contributed by atoms with Crippen molar-refractivity contribution in [2.24, 2.45) is 11.3 Å². The summed E-state index contributed by atoms with van der Waals surface area (Å²) in [6.07, 6.45) is 4.78. The molecular weight excluding hydrogens is 300 g/mol. The van der Waals surface area contributed by atoms with Crippen molar-refractivity contribution in [1.29, 1.82) is 0 Å². The van der Waals surface area contributed by atoms with Crippen LogP contribution in [0.1, 0.15) is 76.0 Å². The molecule has 132 valence electrons. The third-order valence-corrected chi connectivity index (χ3v) is 6.81. The molecule has 0 aromatic heterocycles. The van der Waals surface area contributed by atoms with Crippen LogP contribution >= 0.6 is 0 Å². The van der Waals surface area contributed by atoms with E-state index in [-0.39, 0.29) is 11.3 Å². The maximum atomic E-state index is 12.0. The van der Waals surface area contributed by atoms with Crippen molar-refractivity contribution < 1.29 is 14.6 Å². The molecular formula is C21H30O3. The van der Waals surface area contributed by atoms with Gasteiger partial charge in [-0.25, -0.2) is 0 Å². The first-order valence-electron chi connectivity index (χ1n) is 9.18. The van der Waals surface area contributed by atoms with Crippen molar-refractivity contribution in [3.05, 3.63) is 28.8 Å². The smallest absolute Gasteiger partial charge is 0.309 e. The fraction of sp³-hybridized carbons (Fsp3) is 0.667. The highest BCUT2D eigenvalue weighted by molar-refractivity contribution is 5.75. The predicted octanol–water partition coefficient (Wildman–Crippen LogP) is 4.91. The summed E-state index contributed by atoms with van der Waals surface area (Å²) < 4.78 is 5.68. The van der Waals surface area contributed by atoms with E-state index in [1.54, 1.807) is 7.11 Å². The Labute approximate surface area is 145 Å². The molecule has 0 saturated heterocycles. The second-order valence-electron chi connectivity index (χ2n) is 8.49. The number of aryl methyl sites for hydroxylation is 1. The van der Waals surface area contributed by atoms with E-state index in [1.807, 2.05) is 6.92 Å². The Bertz CT molecular complexity index is 663. The standard InChI is InChI=1S/C21H30O3/c1-13(2)15-11-14-7-8-18-20(3,16(14)12-17(15)24-5)9-6-10-21(18,4)19(22)23/h11-13,18H,6-10H2,1-5H3,(H,22,23)/t18-,20-,21-/m1/s1. The molecule has 1 saturated carbocycles. The van der Waals surface area contributed by atoms with E-state index < -0.39 is 11.4 Å². The summed E-state index contributed by atoms with van der Waals surface area (Å²) in [7, 11) is 1.73. The molecule has 24 heavy (non-hydrogen) atoms. The average molecular weight is 330 g/mol. The number of carboxylic acid groups (broad SMARTS) is 1. The highest BCUT2D eigenvalue weighted by Gasteiger charge is 2.55. The molecule has 1 N–H and O–H groups in total. The minimum absolute atomic E-state index is 0.0677. The highest BCUT2D eigenvalue weighted by atomic mass is 16.5. The molecule has 0 bridgehead atoms. The van der Waals surface area contributed by atoms with Gasteiger partial charge in [-0.15, -0.1) is 0 Å². The minimum atomic E-state index is -0.632. The van der Waals surface area contributed by atoms with Gasteiger partial charge in [0, 0.05) is 0 Å². The van der Waals surface area contributed by atoms with Crippen LogP contribution in [0.3, 0.4) is 0 Å². The average Bonchev–Trinajstić information content (AvgIpc) is 2.53. The molecule has 2 aliphatic rings. The lowest BCUT2D eigenvalue weighted by atomic mass is 9.49. The summed E-state index contributed by atoms with van der Waals surface area (Å²) >= 11 is 0. The molecule has 3 heteroatoms. The number of benzene rings is 1. The van der Waals surface area contributed by atoms with E-state index in [9.17, 15) is 9.90 Å². The molecule has 0 heterocycles. The number of carbonyl (C=O) groups is 1. The zero-order valence-corrected chi connectivity index (χ0v) is 15.6. The molecule has 3 nitrogen and oxygen atoms in total. The second kappa shape index (κ2) is 5.79. The van der Waals surface area contributed by atoms with Gasteiger partial charge in [-0.2, -0.15) is 0 Å². The second-order valence-corrected chi connectivity index (χ2v) is 8.49. The van der Waals surface area contributed by atoms with Gasteiger partial charge >= 0.3 is 5.97 Å². The minimum Gasteiger partial charge on any atom is -0.496 e. The van der Waals surface area contributed by atoms with Crippen LogP contribution in [0.5, 0.6) is 5.75 Å². The van der Waals surface area contributed by atoms with Crippen LogP contribution in [0.2, 0.25) is 0 Å². The number of ether oxygens (including phenoxy) is 1. The SMILES string of the molecule is COc1cc2c(cc1C(C)C)CC[C@H]1[C@](C)(C(=O)O)CCC[C@]21C. The van der Waals surface area contributed by atoms with E-state index in [4.69, 9.17) is 4.74 Å². The Kier molecular flexibility index (Phi) is 4.17. The van der Waals surface area contributed by atoms with Crippen molar-refractivity contribution >= 4 is 5.97 Å². The largest absolute Gasteiger partial charge is 0.496 e. The maximum Gasteiger partial charge on any atom is 0.309 e. The lowest BCUT2D eigenvalue weighted by Crippen LogP contribution is -2.52. The number of fused-ring (bicyclic) bond motifs is 3. The van der Waals surface area contributed by atoms with Gasteiger partial charge in [-0.05, 0) is 72.6 Å². The summed E-state index contributed by atoms with van der Waals surface area (Å²) in [6, 6.07) is 4.53. The van der Waals surface area contributed by atoms with Crippen molar-refractivity contribution in [3.8, 4) is 5.75 Å². The van der Waals surface area contributed by atoms with Crippen molar-refractivity contribution in [2.45, 2.75) is 71.1 Å². The van der Waals surface area contributed by atoms with E-state index >= 15 is 0 Å². The Balaban J connectivity index is 2.15. The highest BCUT2D eigenvalue weighted by Crippen LogP contribution is 2.58. The van der Waals surface area contributed by atoms with Crippen molar-refractivity contribution in [3.63, 3.8) is 0 Å². The Morgan fingerprint density at radius 2 is 2.00 bits per heavy atom. The molecule has 0 unspecified atom stereocenters. The summed E-state index contributed by atoms with van der Waals surface area (Å²) in [5.74, 6) is 0.936. The Morgan fingerprint density at radius 3 is 2.58 bits per heavy atom. The van der Waals surface area contributed by atoms with Crippen molar-refractivity contribution in [2.75, 3.05) is 7.11 Å². The zero-order chi connectivity index (χ0) is 17.7. The third-order valence-electron chi connectivity index (χ3n) is 6.81. The Morgan fingerprint density at radius 1 is 1.29 bits per heavy atom. The van der Waals surface area contributed by atoms with Crippen LogP contribution in [0.4, 0.5) is 0 Å². The van der Waals surface area contributed by atoms with Gasteiger partial charge in [0.25, 0.3) is 0 Å². The summed E-state index contributed by atoms with van der Waals surface area (Å²) in [5, 5.41) is 9.89. The van der Waals surface area contributed by atoms with Gasteiger partial charge in [0.2, 0.25) is 0 Å². The normalized spacial score (nSPS) is 32.2. The van der Waals surface area contributed by atoms with Crippen LogP contribution in [0.25, 0.3) is 0 Å². The Hall–Kier alpha value is -1.51. The number of methoxy groups -OCH3 is 1. The zero-order valence-electron chi connectivity index (χ0n) is 15.6. The molecule has 0 spiro atoms. The topological polar surface area (TPSA) is 46.5 Å². The number of aliphatic carboxylic acids is 1. The fourth-order valence-corrected chi connectivity index (χ4v) is 5.40. The molecule has 0 amide bonds. The predicted molar refractivity (Wildman–Crippen MR) is 95.8 cm³/mol. The molecule has 2 aliphatic carbocycles. The van der Waals surface area contributed by atoms with Crippen LogP contribution in [-0.2, 0) is 16.6 Å². The van der Waals surface area contributed by atoms with E-state index in [0.29, 0.717) is 5.92 Å². The first kappa shape index (κ1) is 17.3. The fourth-order valence-electron chi connectivity index (χ4n) is 5.40. The number of rotatable bonds is 3. The quantitative estimate of drug-likeness (QED) is 0.856. The third kappa shape index (κ3) is 2.35. The molecule has 1 aromatic carbocycles. The molecule has 3 atom stereocenters. The van der Waals surface area contributed by atoms with E-state index in [1.165, 1.54) is 16.7 Å². The molecule has 1 fully saturated rings. The van der Waals surface area contributed by atoms with Crippen LogP contribution in [-0.4, -0.2) is 18.2 Å². The van der Waals surface area contributed by atoms with E-state index in [0.717, 1.165) is 37.9 Å². The maximum absolute atomic E-state index is 12.0. The van der Waals surface area contributed by atoms with E-state index in [2.05, 4.69) is 32.9 Å². The van der Waals surface area contributed by atoms with Crippen LogP contribution in [0.15, 0.2) is 12.1 Å². The molecule has 0 aliphatic heterocycles. The lowest BCUT2D eigenvalue weighted by molar-refractivity contribution is -0.157. The molecule has 1 aromatic rings. The first-order chi connectivity index (χ1) is 11.2.